The van der Waals surface area contributed by atoms with Crippen molar-refractivity contribution in [3.05, 3.63) is 33.8 Å². The number of carbonyl (C=O) groups is 1. The summed E-state index contributed by atoms with van der Waals surface area (Å²) < 4.78 is 1.12. The van der Waals surface area contributed by atoms with Crippen LogP contribution in [-0.2, 0) is 17.8 Å². The zero-order chi connectivity index (χ0) is 13.5. The molecule has 1 aromatic rings. The fourth-order valence-electron chi connectivity index (χ4n) is 3.20. The Morgan fingerprint density at radius 2 is 2.05 bits per heavy atom. The number of hydrogen-bond acceptors (Lipinski definition) is 2. The predicted molar refractivity (Wildman–Crippen MR) is 76.7 cm³/mol. The average Bonchev–Trinajstić information content (AvgIpc) is 2.86. The van der Waals surface area contributed by atoms with E-state index in [1.54, 1.807) is 0 Å². The first-order valence-electron chi connectivity index (χ1n) is 6.88. The number of rotatable bonds is 1. The fraction of sp³-hybridized carbons (Fsp3) is 0.533. The van der Waals surface area contributed by atoms with Gasteiger partial charge in [0.15, 0.2) is 0 Å². The molecule has 0 saturated heterocycles. The highest BCUT2D eigenvalue weighted by Gasteiger charge is 2.42. The summed E-state index contributed by atoms with van der Waals surface area (Å²) in [5.74, 6) is -0.0735. The molecule has 4 heteroatoms. The number of aliphatic hydroxyl groups is 1. The van der Waals surface area contributed by atoms with Crippen LogP contribution in [0.1, 0.15) is 36.8 Å². The second kappa shape index (κ2) is 4.91. The van der Waals surface area contributed by atoms with Gasteiger partial charge in [0.2, 0.25) is 0 Å². The van der Waals surface area contributed by atoms with Crippen LogP contribution in [0.2, 0.25) is 0 Å². The van der Waals surface area contributed by atoms with Gasteiger partial charge in [0.05, 0.1) is 0 Å². The van der Waals surface area contributed by atoms with Crippen LogP contribution in [-0.4, -0.2) is 28.1 Å². The van der Waals surface area contributed by atoms with E-state index < -0.39 is 5.60 Å². The minimum atomic E-state index is -1.09. The van der Waals surface area contributed by atoms with Gasteiger partial charge in [-0.1, -0.05) is 28.1 Å². The number of fused-ring (bicyclic) bond motifs is 1. The van der Waals surface area contributed by atoms with E-state index in [4.69, 9.17) is 0 Å². The Bertz CT molecular complexity index is 509. The highest BCUT2D eigenvalue weighted by atomic mass is 79.9. The van der Waals surface area contributed by atoms with Gasteiger partial charge in [-0.3, -0.25) is 4.79 Å². The quantitative estimate of drug-likeness (QED) is 0.863. The number of carbonyl (C=O) groups excluding carboxylic acids is 1. The number of benzene rings is 1. The van der Waals surface area contributed by atoms with Gasteiger partial charge >= 0.3 is 0 Å². The zero-order valence-electron chi connectivity index (χ0n) is 10.9. The van der Waals surface area contributed by atoms with Crippen LogP contribution in [0.5, 0.6) is 0 Å². The van der Waals surface area contributed by atoms with E-state index in [0.29, 0.717) is 25.9 Å². The van der Waals surface area contributed by atoms with E-state index in [1.807, 2.05) is 17.0 Å². The summed E-state index contributed by atoms with van der Waals surface area (Å²) in [5.41, 5.74) is 1.39. The molecule has 1 fully saturated rings. The lowest BCUT2D eigenvalue weighted by Gasteiger charge is -2.34. The van der Waals surface area contributed by atoms with Crippen molar-refractivity contribution in [2.24, 2.45) is 0 Å². The summed E-state index contributed by atoms with van der Waals surface area (Å²) in [6.45, 7) is 1.33. The maximum atomic E-state index is 12.5. The molecule has 2 aliphatic rings. The molecule has 1 saturated carbocycles. The van der Waals surface area contributed by atoms with Crippen LogP contribution in [0.4, 0.5) is 0 Å². The van der Waals surface area contributed by atoms with E-state index in [0.717, 1.165) is 23.7 Å². The molecule has 102 valence electrons. The van der Waals surface area contributed by atoms with Crippen molar-refractivity contribution < 1.29 is 9.90 Å². The molecule has 0 unspecified atom stereocenters. The molecule has 1 heterocycles. The minimum Gasteiger partial charge on any atom is -0.380 e. The molecule has 19 heavy (non-hydrogen) atoms. The van der Waals surface area contributed by atoms with Crippen LogP contribution in [0.25, 0.3) is 0 Å². The number of amides is 1. The third-order valence-electron chi connectivity index (χ3n) is 4.32. The van der Waals surface area contributed by atoms with E-state index in [1.165, 1.54) is 11.1 Å². The van der Waals surface area contributed by atoms with E-state index in [-0.39, 0.29) is 5.91 Å². The Kier molecular flexibility index (Phi) is 3.39. The molecule has 0 atom stereocenters. The summed E-state index contributed by atoms with van der Waals surface area (Å²) in [7, 11) is 0. The standard InChI is InChI=1S/C15H18BrNO2/c16-13-5-3-4-11-10-17(9-6-12(11)13)14(18)15(19)7-1-2-8-15/h3-5,19H,1-2,6-10H2. The van der Waals surface area contributed by atoms with E-state index >= 15 is 0 Å². The predicted octanol–water partition coefficient (Wildman–Crippen LogP) is 2.64. The number of halogens is 1. The second-order valence-electron chi connectivity index (χ2n) is 5.59. The lowest BCUT2D eigenvalue weighted by Crippen LogP contribution is -2.49. The normalized spacial score (nSPS) is 21.3. The molecule has 1 N–H and O–H groups in total. The number of nitrogens with zero attached hydrogens (tertiary/aromatic N) is 1. The average molecular weight is 324 g/mol. The highest BCUT2D eigenvalue weighted by molar-refractivity contribution is 9.10. The van der Waals surface area contributed by atoms with Crippen LogP contribution in [0, 0.1) is 0 Å². The lowest BCUT2D eigenvalue weighted by atomic mass is 9.95. The Morgan fingerprint density at radius 1 is 1.32 bits per heavy atom. The van der Waals surface area contributed by atoms with Crippen molar-refractivity contribution >= 4 is 21.8 Å². The van der Waals surface area contributed by atoms with Gasteiger partial charge in [0, 0.05) is 17.6 Å². The molecular weight excluding hydrogens is 306 g/mol. The molecule has 3 nitrogen and oxygen atoms in total. The minimum absolute atomic E-state index is 0.0735. The Labute approximate surface area is 121 Å². The van der Waals surface area contributed by atoms with Crippen molar-refractivity contribution in [3.8, 4) is 0 Å². The number of hydrogen-bond donors (Lipinski definition) is 1. The Morgan fingerprint density at radius 3 is 2.79 bits per heavy atom. The Hall–Kier alpha value is -0.870. The summed E-state index contributed by atoms with van der Waals surface area (Å²) in [6, 6.07) is 6.11. The van der Waals surface area contributed by atoms with E-state index in [2.05, 4.69) is 22.0 Å². The molecule has 1 aromatic carbocycles. The fourth-order valence-corrected chi connectivity index (χ4v) is 3.81. The largest absolute Gasteiger partial charge is 0.380 e. The zero-order valence-corrected chi connectivity index (χ0v) is 12.4. The van der Waals surface area contributed by atoms with Crippen LogP contribution >= 0.6 is 15.9 Å². The van der Waals surface area contributed by atoms with Crippen molar-refractivity contribution in [1.82, 2.24) is 4.90 Å². The first-order valence-corrected chi connectivity index (χ1v) is 7.67. The highest BCUT2D eigenvalue weighted by Crippen LogP contribution is 2.33. The van der Waals surface area contributed by atoms with Gasteiger partial charge in [-0.2, -0.15) is 0 Å². The van der Waals surface area contributed by atoms with Crippen molar-refractivity contribution in [2.45, 2.75) is 44.2 Å². The van der Waals surface area contributed by atoms with Crippen LogP contribution in [0.15, 0.2) is 22.7 Å². The van der Waals surface area contributed by atoms with E-state index in [9.17, 15) is 9.90 Å². The molecule has 0 aromatic heterocycles. The third-order valence-corrected chi connectivity index (χ3v) is 5.07. The van der Waals surface area contributed by atoms with Gasteiger partial charge in [-0.15, -0.1) is 0 Å². The molecule has 0 bridgehead atoms. The van der Waals surface area contributed by atoms with Crippen molar-refractivity contribution in [3.63, 3.8) is 0 Å². The molecule has 1 aliphatic carbocycles. The van der Waals surface area contributed by atoms with Crippen LogP contribution in [0.3, 0.4) is 0 Å². The second-order valence-corrected chi connectivity index (χ2v) is 6.45. The maximum Gasteiger partial charge on any atom is 0.254 e. The third kappa shape index (κ3) is 2.32. The topological polar surface area (TPSA) is 40.5 Å². The van der Waals surface area contributed by atoms with Gasteiger partial charge < -0.3 is 10.0 Å². The van der Waals surface area contributed by atoms with Crippen molar-refractivity contribution in [2.75, 3.05) is 6.54 Å². The summed E-state index contributed by atoms with van der Waals surface area (Å²) in [4.78, 5) is 14.3. The first kappa shape index (κ1) is 13.1. The van der Waals surface area contributed by atoms with Crippen molar-refractivity contribution in [1.29, 1.82) is 0 Å². The maximum absolute atomic E-state index is 12.5. The molecule has 1 aliphatic heterocycles. The lowest BCUT2D eigenvalue weighted by molar-refractivity contribution is -0.151. The summed E-state index contributed by atoms with van der Waals surface area (Å²) in [6.07, 6.45) is 4.01. The Balaban J connectivity index is 1.80. The summed E-state index contributed by atoms with van der Waals surface area (Å²) in [5, 5.41) is 10.4. The van der Waals surface area contributed by atoms with Gasteiger partial charge in [-0.05, 0) is 49.3 Å². The molecule has 0 spiro atoms. The molecule has 3 rings (SSSR count). The SMILES string of the molecule is O=C(N1CCc2c(Br)cccc2C1)C1(O)CCCC1. The molecular formula is C15H18BrNO2. The molecule has 1 amide bonds. The van der Waals surface area contributed by atoms with Gasteiger partial charge in [-0.25, -0.2) is 0 Å². The smallest absolute Gasteiger partial charge is 0.254 e. The monoisotopic (exact) mass is 323 g/mol. The summed E-state index contributed by atoms with van der Waals surface area (Å²) >= 11 is 3.56. The van der Waals surface area contributed by atoms with Gasteiger partial charge in [0.1, 0.15) is 5.60 Å². The first-order chi connectivity index (χ1) is 9.10. The molecule has 0 radical (unpaired) electrons. The van der Waals surface area contributed by atoms with Crippen LogP contribution < -0.4 is 0 Å². The van der Waals surface area contributed by atoms with Gasteiger partial charge in [0.25, 0.3) is 5.91 Å².